The molecule has 2 atom stereocenters. The first kappa shape index (κ1) is 28.3. The minimum absolute atomic E-state index is 0.104. The third-order valence-corrected chi connectivity index (χ3v) is 7.35. The van der Waals surface area contributed by atoms with Gasteiger partial charge in [0, 0.05) is 35.8 Å². The molecule has 3 heterocycles. The molecule has 208 valence electrons. The number of benzene rings is 1. The number of likely N-dealkylation sites (tertiary alicyclic amines) is 1. The molecule has 3 N–H and O–H groups in total. The zero-order valence-electron chi connectivity index (χ0n) is 22.6. The number of carbonyl (C=O) groups excluding carboxylic acids is 1. The monoisotopic (exact) mass is 556 g/mol. The zero-order valence-corrected chi connectivity index (χ0v) is 23.4. The number of aliphatic hydroxyl groups excluding tert-OH is 1. The van der Waals surface area contributed by atoms with Gasteiger partial charge in [-0.05, 0) is 37.3 Å². The molecule has 0 saturated carbocycles. The number of carbonyl (C=O) groups is 2. The van der Waals surface area contributed by atoms with Gasteiger partial charge in [0.2, 0.25) is 0 Å². The Balaban J connectivity index is 1.92. The number of halogens is 1. The highest BCUT2D eigenvalue weighted by atomic mass is 35.5. The van der Waals surface area contributed by atoms with Gasteiger partial charge in [-0.2, -0.15) is 14.9 Å². The molecule has 0 radical (unpaired) electrons. The summed E-state index contributed by atoms with van der Waals surface area (Å²) in [5.41, 5.74) is -0.610. The fourth-order valence-corrected chi connectivity index (χ4v) is 5.31. The van der Waals surface area contributed by atoms with E-state index in [0.29, 0.717) is 27.5 Å². The number of aliphatic hydroxyl groups is 1. The van der Waals surface area contributed by atoms with Crippen LogP contribution < -0.4 is 10.9 Å². The summed E-state index contributed by atoms with van der Waals surface area (Å²) in [6.07, 6.45) is 2.44. The van der Waals surface area contributed by atoms with Gasteiger partial charge in [-0.25, -0.2) is 4.79 Å². The molecule has 11 nitrogen and oxygen atoms in total. The number of amides is 2. The van der Waals surface area contributed by atoms with Crippen LogP contribution in [0.3, 0.4) is 0 Å². The predicted octanol–water partition coefficient (Wildman–Crippen LogP) is 3.21. The third-order valence-electron chi connectivity index (χ3n) is 7.10. The highest BCUT2D eigenvalue weighted by molar-refractivity contribution is 6.30. The highest BCUT2D eigenvalue weighted by Gasteiger charge is 2.42. The lowest BCUT2D eigenvalue weighted by atomic mass is 9.80. The molecule has 39 heavy (non-hydrogen) atoms. The Labute approximate surface area is 231 Å². The molecule has 2 aromatic heterocycles. The van der Waals surface area contributed by atoms with Gasteiger partial charge in [-0.3, -0.25) is 14.3 Å². The first-order valence-electron chi connectivity index (χ1n) is 12.6. The van der Waals surface area contributed by atoms with Crippen LogP contribution in [-0.2, 0) is 12.5 Å². The van der Waals surface area contributed by atoms with Gasteiger partial charge in [0.15, 0.2) is 0 Å². The van der Waals surface area contributed by atoms with E-state index < -0.39 is 41.2 Å². The minimum atomic E-state index is -1.10. The van der Waals surface area contributed by atoms with E-state index in [1.165, 1.54) is 15.8 Å². The quantitative estimate of drug-likeness (QED) is 0.438. The van der Waals surface area contributed by atoms with Crippen LogP contribution in [0, 0.1) is 0 Å². The summed E-state index contributed by atoms with van der Waals surface area (Å²) in [4.78, 5) is 40.9. The van der Waals surface area contributed by atoms with Crippen LogP contribution in [0.15, 0.2) is 41.5 Å². The topological polar surface area (TPSA) is 143 Å². The Morgan fingerprint density at radius 2 is 1.90 bits per heavy atom. The third kappa shape index (κ3) is 5.55. The molecule has 0 spiro atoms. The number of hydrogen-bond acceptors (Lipinski definition) is 6. The summed E-state index contributed by atoms with van der Waals surface area (Å²) in [5.74, 6) is -0.662. The van der Waals surface area contributed by atoms with Crippen LogP contribution in [0.5, 0.6) is 0 Å². The maximum Gasteiger partial charge on any atom is 0.407 e. The minimum Gasteiger partial charge on any atom is -0.465 e. The number of piperidine rings is 1. The van der Waals surface area contributed by atoms with Gasteiger partial charge in [0.1, 0.15) is 11.3 Å². The summed E-state index contributed by atoms with van der Waals surface area (Å²) < 4.78 is 2.68. The van der Waals surface area contributed by atoms with Crippen molar-refractivity contribution in [2.24, 2.45) is 7.05 Å². The van der Waals surface area contributed by atoms with Gasteiger partial charge in [-0.1, -0.05) is 44.5 Å². The molecule has 1 saturated heterocycles. The first-order valence-corrected chi connectivity index (χ1v) is 13.0. The molecule has 1 aromatic carbocycles. The molecule has 12 heteroatoms. The van der Waals surface area contributed by atoms with Gasteiger partial charge < -0.3 is 20.4 Å². The van der Waals surface area contributed by atoms with Crippen molar-refractivity contribution in [3.8, 4) is 16.9 Å². The summed E-state index contributed by atoms with van der Waals surface area (Å²) in [6, 6.07) is 6.53. The second-order valence-electron chi connectivity index (χ2n) is 11.1. The molecular formula is C27H33ClN6O5. The standard InChI is InChI=1S/C27H33ClN6O5/c1-16-12-27(15-35,10-11-33(16)25(38)39)30-23(36)20-21(26(2,3)4)22(17-6-8-18(28)9-7-17)31-34(24(20)37)19-13-29-32(5)14-19/h6-9,13-14,16,35H,10-12,15H2,1-5H3,(H,30,36)(H,38,39). The van der Waals surface area contributed by atoms with Gasteiger partial charge in [0.25, 0.3) is 11.5 Å². The highest BCUT2D eigenvalue weighted by Crippen LogP contribution is 2.35. The number of aromatic nitrogens is 4. The van der Waals surface area contributed by atoms with Gasteiger partial charge >= 0.3 is 6.09 Å². The van der Waals surface area contributed by atoms with E-state index in [1.54, 1.807) is 44.4 Å². The Bertz CT molecular complexity index is 1460. The maximum absolute atomic E-state index is 14.1. The van der Waals surface area contributed by atoms with Crippen LogP contribution in [0.4, 0.5) is 4.79 Å². The Kier molecular flexibility index (Phi) is 7.59. The van der Waals surface area contributed by atoms with Crippen molar-refractivity contribution >= 4 is 23.6 Å². The molecule has 3 aromatic rings. The number of aryl methyl sites for hydroxylation is 1. The van der Waals surface area contributed by atoms with E-state index in [4.69, 9.17) is 16.7 Å². The Morgan fingerprint density at radius 3 is 2.41 bits per heavy atom. The van der Waals surface area contributed by atoms with Crippen molar-refractivity contribution in [2.75, 3.05) is 13.2 Å². The second-order valence-corrected chi connectivity index (χ2v) is 11.6. The molecule has 1 aliphatic heterocycles. The fraction of sp³-hybridized carbons (Fsp3) is 0.444. The van der Waals surface area contributed by atoms with E-state index in [2.05, 4.69) is 10.4 Å². The largest absolute Gasteiger partial charge is 0.465 e. The summed E-state index contributed by atoms with van der Waals surface area (Å²) in [6.45, 7) is 7.13. The molecule has 4 rings (SSSR count). The molecule has 1 fully saturated rings. The number of nitrogens with zero attached hydrogens (tertiary/aromatic N) is 5. The fourth-order valence-electron chi connectivity index (χ4n) is 5.19. The van der Waals surface area contributed by atoms with E-state index in [9.17, 15) is 24.6 Å². The van der Waals surface area contributed by atoms with Crippen LogP contribution in [0.25, 0.3) is 16.9 Å². The van der Waals surface area contributed by atoms with E-state index in [1.807, 2.05) is 20.8 Å². The van der Waals surface area contributed by atoms with Crippen molar-refractivity contribution in [1.29, 1.82) is 0 Å². The predicted molar refractivity (Wildman–Crippen MR) is 146 cm³/mol. The lowest BCUT2D eigenvalue weighted by Crippen LogP contribution is -2.61. The van der Waals surface area contributed by atoms with Crippen LogP contribution >= 0.6 is 11.6 Å². The van der Waals surface area contributed by atoms with Gasteiger partial charge in [0.05, 0.1) is 30.2 Å². The van der Waals surface area contributed by atoms with E-state index in [-0.39, 0.29) is 24.9 Å². The molecule has 0 aliphatic carbocycles. The van der Waals surface area contributed by atoms with Crippen molar-refractivity contribution in [1.82, 2.24) is 29.8 Å². The average Bonchev–Trinajstić information content (AvgIpc) is 3.29. The zero-order chi connectivity index (χ0) is 28.7. The van der Waals surface area contributed by atoms with Crippen LogP contribution in [-0.4, -0.2) is 71.4 Å². The molecular weight excluding hydrogens is 524 g/mol. The number of hydrogen-bond donors (Lipinski definition) is 3. The normalized spacial score (nSPS) is 19.7. The van der Waals surface area contributed by atoms with E-state index in [0.717, 1.165) is 4.68 Å². The Morgan fingerprint density at radius 1 is 1.23 bits per heavy atom. The molecule has 0 bridgehead atoms. The first-order chi connectivity index (χ1) is 18.3. The lowest BCUT2D eigenvalue weighted by molar-refractivity contribution is 0.0422. The summed E-state index contributed by atoms with van der Waals surface area (Å²) >= 11 is 6.13. The summed E-state index contributed by atoms with van der Waals surface area (Å²) in [7, 11) is 1.71. The molecule has 2 amide bonds. The molecule has 2 unspecified atom stereocenters. The number of rotatable bonds is 5. The van der Waals surface area contributed by atoms with E-state index >= 15 is 0 Å². The second kappa shape index (κ2) is 10.5. The van der Waals surface area contributed by atoms with Crippen molar-refractivity contribution in [3.63, 3.8) is 0 Å². The average molecular weight is 557 g/mol. The number of carboxylic acid groups (broad SMARTS) is 1. The van der Waals surface area contributed by atoms with Crippen molar-refractivity contribution in [2.45, 2.75) is 57.5 Å². The summed E-state index contributed by atoms with van der Waals surface area (Å²) in [5, 5.41) is 32.2. The Hall–Kier alpha value is -3.70. The lowest BCUT2D eigenvalue weighted by Gasteiger charge is -2.44. The van der Waals surface area contributed by atoms with Gasteiger partial charge in [-0.15, -0.1) is 0 Å². The van der Waals surface area contributed by atoms with Crippen LogP contribution in [0.1, 0.15) is 56.5 Å². The van der Waals surface area contributed by atoms with Crippen molar-refractivity contribution in [3.05, 3.63) is 63.2 Å². The maximum atomic E-state index is 14.1. The van der Waals surface area contributed by atoms with Crippen LogP contribution in [0.2, 0.25) is 5.02 Å². The van der Waals surface area contributed by atoms with Crippen molar-refractivity contribution < 1.29 is 19.8 Å². The smallest absolute Gasteiger partial charge is 0.407 e. The number of nitrogens with one attached hydrogen (secondary N) is 1. The molecule has 1 aliphatic rings. The SMILES string of the molecule is CC1CC(CO)(NC(=O)c2c(C(C)(C)C)c(-c3ccc(Cl)cc3)nn(-c3cnn(C)c3)c2=O)CCN1C(=O)O.